The maximum absolute atomic E-state index is 15.0. The highest BCUT2D eigenvalue weighted by Crippen LogP contribution is 2.30. The van der Waals surface area contributed by atoms with E-state index in [1.54, 1.807) is 0 Å². The highest BCUT2D eigenvalue weighted by molar-refractivity contribution is 5.07. The molecule has 0 saturated carbocycles. The molecule has 1 saturated heterocycles. The zero-order valence-corrected chi connectivity index (χ0v) is 15.6. The third-order valence-corrected chi connectivity index (χ3v) is 4.12. The Morgan fingerprint density at radius 1 is 0.958 bits per heavy atom. The van der Waals surface area contributed by atoms with E-state index in [-0.39, 0.29) is 0 Å². The van der Waals surface area contributed by atoms with Gasteiger partial charge in [0.1, 0.15) is 18.0 Å². The molecule has 1 aliphatic heterocycles. The molecule has 5 heteroatoms. The SMILES string of the molecule is C=C1O[C@H](COCCCC)[C@@H](OCCCC)[C@@H](F)[C@H]1OCCCC. The summed E-state index contributed by atoms with van der Waals surface area (Å²) in [6, 6.07) is 0. The van der Waals surface area contributed by atoms with Crippen LogP contribution in [0.15, 0.2) is 12.3 Å². The van der Waals surface area contributed by atoms with Gasteiger partial charge in [-0.3, -0.25) is 0 Å². The van der Waals surface area contributed by atoms with E-state index < -0.39 is 24.5 Å². The van der Waals surface area contributed by atoms with Gasteiger partial charge in [-0.05, 0) is 19.3 Å². The zero-order valence-electron chi connectivity index (χ0n) is 15.6. The Morgan fingerprint density at radius 3 is 2.17 bits per heavy atom. The van der Waals surface area contributed by atoms with Crippen LogP contribution in [-0.2, 0) is 18.9 Å². The molecule has 24 heavy (non-hydrogen) atoms. The predicted octanol–water partition coefficient (Wildman–Crippen LogP) is 4.42. The molecule has 4 atom stereocenters. The molecule has 0 aliphatic carbocycles. The summed E-state index contributed by atoms with van der Waals surface area (Å²) in [5, 5.41) is 0. The van der Waals surface area contributed by atoms with Gasteiger partial charge < -0.3 is 18.9 Å². The second kappa shape index (κ2) is 12.7. The minimum absolute atomic E-state index is 0.317. The summed E-state index contributed by atoms with van der Waals surface area (Å²) in [7, 11) is 0. The molecule has 0 aromatic carbocycles. The molecule has 0 amide bonds. The lowest BCUT2D eigenvalue weighted by Crippen LogP contribution is -2.53. The first-order valence-electron chi connectivity index (χ1n) is 9.46. The minimum Gasteiger partial charge on any atom is -0.487 e. The first kappa shape index (κ1) is 21.4. The number of ether oxygens (including phenoxy) is 4. The van der Waals surface area contributed by atoms with Crippen molar-refractivity contribution in [2.75, 3.05) is 26.4 Å². The van der Waals surface area contributed by atoms with Crippen molar-refractivity contribution < 1.29 is 23.3 Å². The first-order chi connectivity index (χ1) is 11.7. The second-order valence-electron chi connectivity index (χ2n) is 6.33. The number of hydrogen-bond acceptors (Lipinski definition) is 4. The average molecular weight is 346 g/mol. The molecule has 0 unspecified atom stereocenters. The maximum atomic E-state index is 15.0. The van der Waals surface area contributed by atoms with Crippen LogP contribution in [0.2, 0.25) is 0 Å². The predicted molar refractivity (Wildman–Crippen MR) is 93.9 cm³/mol. The lowest BCUT2D eigenvalue weighted by Gasteiger charge is -2.40. The van der Waals surface area contributed by atoms with Gasteiger partial charge in [-0.1, -0.05) is 46.6 Å². The summed E-state index contributed by atoms with van der Waals surface area (Å²) in [6.45, 7) is 12.1. The van der Waals surface area contributed by atoms with Crippen LogP contribution in [0.4, 0.5) is 4.39 Å². The molecular weight excluding hydrogens is 311 g/mol. The largest absolute Gasteiger partial charge is 0.487 e. The monoisotopic (exact) mass is 346 g/mol. The maximum Gasteiger partial charge on any atom is 0.163 e. The lowest BCUT2D eigenvalue weighted by molar-refractivity contribution is -0.180. The molecule has 1 fully saturated rings. The lowest BCUT2D eigenvalue weighted by atomic mass is 9.99. The molecule has 0 aromatic heterocycles. The van der Waals surface area contributed by atoms with Crippen molar-refractivity contribution in [2.45, 2.75) is 83.8 Å². The van der Waals surface area contributed by atoms with E-state index in [4.69, 9.17) is 18.9 Å². The average Bonchev–Trinajstić information content (AvgIpc) is 2.57. The third-order valence-electron chi connectivity index (χ3n) is 4.12. The van der Waals surface area contributed by atoms with Crippen molar-refractivity contribution in [1.29, 1.82) is 0 Å². The van der Waals surface area contributed by atoms with Crippen molar-refractivity contribution in [1.82, 2.24) is 0 Å². The molecule has 1 heterocycles. The number of rotatable bonds is 13. The number of alkyl halides is 1. The van der Waals surface area contributed by atoms with Crippen LogP contribution in [0.3, 0.4) is 0 Å². The Kier molecular flexibility index (Phi) is 11.3. The van der Waals surface area contributed by atoms with E-state index in [0.717, 1.165) is 38.5 Å². The Labute approximate surface area is 146 Å². The number of hydrogen-bond donors (Lipinski definition) is 0. The third kappa shape index (κ3) is 7.08. The molecule has 0 bridgehead atoms. The standard InChI is InChI=1S/C19H35FO4/c1-5-8-11-21-14-16-19(23-13-10-7-3)17(20)18(15(4)24-16)22-12-9-6-2/h16-19H,4-14H2,1-3H3/t16-,17+,18+,19-/m1/s1. The fraction of sp³-hybridized carbons (Fsp3) is 0.895. The molecule has 0 N–H and O–H groups in total. The summed E-state index contributed by atoms with van der Waals surface area (Å²) < 4.78 is 37.9. The molecule has 1 rings (SSSR count). The van der Waals surface area contributed by atoms with E-state index in [1.165, 1.54) is 0 Å². The topological polar surface area (TPSA) is 36.9 Å². The van der Waals surface area contributed by atoms with Gasteiger partial charge in [0, 0.05) is 19.8 Å². The van der Waals surface area contributed by atoms with Gasteiger partial charge in [-0.25, -0.2) is 4.39 Å². The van der Waals surface area contributed by atoms with Crippen LogP contribution in [0.1, 0.15) is 59.3 Å². The van der Waals surface area contributed by atoms with Gasteiger partial charge in [-0.2, -0.15) is 0 Å². The summed E-state index contributed by atoms with van der Waals surface area (Å²) >= 11 is 0. The van der Waals surface area contributed by atoms with Crippen LogP contribution >= 0.6 is 0 Å². The quantitative estimate of drug-likeness (QED) is 0.463. The van der Waals surface area contributed by atoms with Gasteiger partial charge in [0.25, 0.3) is 0 Å². The fourth-order valence-electron chi connectivity index (χ4n) is 2.56. The smallest absolute Gasteiger partial charge is 0.163 e. The molecule has 0 aromatic rings. The molecule has 142 valence electrons. The number of halogens is 1. The summed E-state index contributed by atoms with van der Waals surface area (Å²) in [5.41, 5.74) is 0. The summed E-state index contributed by atoms with van der Waals surface area (Å²) in [5.74, 6) is 0.345. The van der Waals surface area contributed by atoms with Crippen LogP contribution < -0.4 is 0 Å². The Hall–Kier alpha value is -0.650. The van der Waals surface area contributed by atoms with Crippen molar-refractivity contribution >= 4 is 0 Å². The second-order valence-corrected chi connectivity index (χ2v) is 6.33. The van der Waals surface area contributed by atoms with Gasteiger partial charge >= 0.3 is 0 Å². The van der Waals surface area contributed by atoms with Gasteiger partial charge in [-0.15, -0.1) is 0 Å². The van der Waals surface area contributed by atoms with E-state index in [0.29, 0.717) is 32.2 Å². The van der Waals surface area contributed by atoms with E-state index >= 15 is 0 Å². The van der Waals surface area contributed by atoms with Gasteiger partial charge in [0.15, 0.2) is 12.3 Å². The molecular formula is C19H35FO4. The molecule has 0 radical (unpaired) electrons. The highest BCUT2D eigenvalue weighted by Gasteiger charge is 2.45. The van der Waals surface area contributed by atoms with Crippen LogP contribution in [-0.4, -0.2) is 50.9 Å². The Morgan fingerprint density at radius 2 is 1.54 bits per heavy atom. The Bertz CT molecular complexity index is 335. The molecule has 1 aliphatic rings. The summed E-state index contributed by atoms with van der Waals surface area (Å²) in [6.07, 6.45) is 2.67. The normalized spacial score (nSPS) is 27.2. The molecule has 4 nitrogen and oxygen atoms in total. The van der Waals surface area contributed by atoms with E-state index in [1.807, 2.05) is 0 Å². The van der Waals surface area contributed by atoms with Crippen LogP contribution in [0, 0.1) is 0 Å². The van der Waals surface area contributed by atoms with Gasteiger partial charge in [0.05, 0.1) is 6.61 Å². The van der Waals surface area contributed by atoms with Crippen molar-refractivity contribution in [3.8, 4) is 0 Å². The van der Waals surface area contributed by atoms with Crippen molar-refractivity contribution in [3.05, 3.63) is 12.3 Å². The van der Waals surface area contributed by atoms with Gasteiger partial charge in [0.2, 0.25) is 0 Å². The minimum atomic E-state index is -1.28. The van der Waals surface area contributed by atoms with Crippen LogP contribution in [0.25, 0.3) is 0 Å². The Balaban J connectivity index is 2.63. The summed E-state index contributed by atoms with van der Waals surface area (Å²) in [4.78, 5) is 0. The van der Waals surface area contributed by atoms with Crippen LogP contribution in [0.5, 0.6) is 0 Å². The fourth-order valence-corrected chi connectivity index (χ4v) is 2.56. The van der Waals surface area contributed by atoms with Crippen molar-refractivity contribution in [3.63, 3.8) is 0 Å². The van der Waals surface area contributed by atoms with E-state index in [9.17, 15) is 4.39 Å². The molecule has 0 spiro atoms. The van der Waals surface area contributed by atoms with Crippen molar-refractivity contribution in [2.24, 2.45) is 0 Å². The number of unbranched alkanes of at least 4 members (excludes halogenated alkanes) is 3. The first-order valence-corrected chi connectivity index (χ1v) is 9.46. The zero-order chi connectivity index (χ0) is 17.8. The highest BCUT2D eigenvalue weighted by atomic mass is 19.1. The van der Waals surface area contributed by atoms with E-state index in [2.05, 4.69) is 27.4 Å².